The molecule has 0 aliphatic heterocycles. The van der Waals surface area contributed by atoms with Gasteiger partial charge in [-0.3, -0.25) is 9.69 Å². The van der Waals surface area contributed by atoms with Gasteiger partial charge in [-0.15, -0.1) is 0 Å². The van der Waals surface area contributed by atoms with Gasteiger partial charge in [0.2, 0.25) is 5.91 Å². The standard InChI is InChI=1S/C14H27N3O/c1-11(17(2)13-7-8-13)9-16-14(18)10-15-12-5-3-4-6-12/h11-13,15H,3-10H2,1-2H3,(H,16,18). The van der Waals surface area contributed by atoms with Gasteiger partial charge in [-0.2, -0.15) is 0 Å². The monoisotopic (exact) mass is 253 g/mol. The summed E-state index contributed by atoms with van der Waals surface area (Å²) >= 11 is 0. The second kappa shape index (κ2) is 6.53. The van der Waals surface area contributed by atoms with E-state index in [0.717, 1.165) is 12.6 Å². The molecule has 1 atom stereocenters. The van der Waals surface area contributed by atoms with Crippen molar-refractivity contribution in [1.29, 1.82) is 0 Å². The highest BCUT2D eigenvalue weighted by Gasteiger charge is 2.29. The van der Waals surface area contributed by atoms with Crippen LogP contribution in [0.25, 0.3) is 0 Å². The van der Waals surface area contributed by atoms with Crippen molar-refractivity contribution in [2.45, 2.75) is 63.6 Å². The Hall–Kier alpha value is -0.610. The predicted molar refractivity (Wildman–Crippen MR) is 73.5 cm³/mol. The molecule has 4 heteroatoms. The van der Waals surface area contributed by atoms with Crippen molar-refractivity contribution < 1.29 is 4.79 Å². The first-order valence-corrected chi connectivity index (χ1v) is 7.39. The lowest BCUT2D eigenvalue weighted by atomic mass is 10.2. The third kappa shape index (κ3) is 4.25. The summed E-state index contributed by atoms with van der Waals surface area (Å²) in [5.41, 5.74) is 0. The number of carbonyl (C=O) groups is 1. The SMILES string of the molecule is CC(CNC(=O)CNC1CCCC1)N(C)C1CC1. The normalized spacial score (nSPS) is 22.4. The van der Waals surface area contributed by atoms with Crippen molar-refractivity contribution in [3.05, 3.63) is 0 Å². The molecular weight excluding hydrogens is 226 g/mol. The minimum absolute atomic E-state index is 0.137. The van der Waals surface area contributed by atoms with E-state index in [4.69, 9.17) is 0 Å². The van der Waals surface area contributed by atoms with Gasteiger partial charge in [0.1, 0.15) is 0 Å². The molecule has 2 saturated carbocycles. The fourth-order valence-electron chi connectivity index (χ4n) is 2.68. The maximum absolute atomic E-state index is 11.7. The molecule has 1 amide bonds. The van der Waals surface area contributed by atoms with Gasteiger partial charge in [-0.25, -0.2) is 0 Å². The molecule has 18 heavy (non-hydrogen) atoms. The molecule has 2 aliphatic carbocycles. The van der Waals surface area contributed by atoms with Crippen LogP contribution in [0.2, 0.25) is 0 Å². The average Bonchev–Trinajstić information content (AvgIpc) is 3.09. The zero-order valence-corrected chi connectivity index (χ0v) is 11.7. The summed E-state index contributed by atoms with van der Waals surface area (Å²) in [5.74, 6) is 0.137. The molecule has 0 spiro atoms. The van der Waals surface area contributed by atoms with E-state index in [1.807, 2.05) is 0 Å². The van der Waals surface area contributed by atoms with Crippen molar-refractivity contribution in [3.63, 3.8) is 0 Å². The van der Waals surface area contributed by atoms with Crippen molar-refractivity contribution >= 4 is 5.91 Å². The van der Waals surface area contributed by atoms with Gasteiger partial charge in [0.05, 0.1) is 6.54 Å². The minimum atomic E-state index is 0.137. The van der Waals surface area contributed by atoms with E-state index < -0.39 is 0 Å². The minimum Gasteiger partial charge on any atom is -0.353 e. The zero-order valence-electron chi connectivity index (χ0n) is 11.7. The van der Waals surface area contributed by atoms with Crippen LogP contribution in [0.5, 0.6) is 0 Å². The van der Waals surface area contributed by atoms with E-state index in [1.165, 1.54) is 38.5 Å². The summed E-state index contributed by atoms with van der Waals surface area (Å²) in [6.45, 7) is 3.42. The number of amides is 1. The van der Waals surface area contributed by atoms with Crippen LogP contribution < -0.4 is 10.6 Å². The Morgan fingerprint density at radius 1 is 1.28 bits per heavy atom. The van der Waals surface area contributed by atoms with Crippen LogP contribution in [0.15, 0.2) is 0 Å². The first kappa shape index (κ1) is 13.8. The number of hydrogen-bond donors (Lipinski definition) is 2. The molecule has 0 heterocycles. The average molecular weight is 253 g/mol. The topological polar surface area (TPSA) is 44.4 Å². The largest absolute Gasteiger partial charge is 0.353 e. The van der Waals surface area contributed by atoms with Crippen LogP contribution in [0, 0.1) is 0 Å². The fourth-order valence-corrected chi connectivity index (χ4v) is 2.68. The molecule has 0 aromatic heterocycles. The van der Waals surface area contributed by atoms with Gasteiger partial charge in [0.25, 0.3) is 0 Å². The van der Waals surface area contributed by atoms with Crippen molar-refractivity contribution in [2.75, 3.05) is 20.1 Å². The number of nitrogens with one attached hydrogen (secondary N) is 2. The van der Waals surface area contributed by atoms with E-state index >= 15 is 0 Å². The van der Waals surface area contributed by atoms with Gasteiger partial charge in [-0.1, -0.05) is 12.8 Å². The zero-order chi connectivity index (χ0) is 13.0. The Morgan fingerprint density at radius 3 is 2.56 bits per heavy atom. The van der Waals surface area contributed by atoms with Gasteiger partial charge in [0.15, 0.2) is 0 Å². The number of hydrogen-bond acceptors (Lipinski definition) is 3. The summed E-state index contributed by atoms with van der Waals surface area (Å²) in [4.78, 5) is 14.1. The molecule has 1 unspecified atom stereocenters. The highest BCUT2D eigenvalue weighted by molar-refractivity contribution is 5.78. The van der Waals surface area contributed by atoms with Crippen molar-refractivity contribution in [2.24, 2.45) is 0 Å². The van der Waals surface area contributed by atoms with Crippen LogP contribution in [-0.4, -0.2) is 49.1 Å². The molecule has 2 aliphatic rings. The number of carbonyl (C=O) groups excluding carboxylic acids is 1. The maximum atomic E-state index is 11.7. The Balaban J connectivity index is 1.55. The van der Waals surface area contributed by atoms with E-state index in [2.05, 4.69) is 29.5 Å². The summed E-state index contributed by atoms with van der Waals surface area (Å²) in [5, 5.41) is 6.37. The van der Waals surface area contributed by atoms with Crippen LogP contribution in [0.4, 0.5) is 0 Å². The highest BCUT2D eigenvalue weighted by Crippen LogP contribution is 2.26. The van der Waals surface area contributed by atoms with Crippen LogP contribution in [-0.2, 0) is 4.79 Å². The molecule has 0 saturated heterocycles. The van der Waals surface area contributed by atoms with Gasteiger partial charge in [0, 0.05) is 24.7 Å². The van der Waals surface area contributed by atoms with Gasteiger partial charge >= 0.3 is 0 Å². The van der Waals surface area contributed by atoms with E-state index in [0.29, 0.717) is 18.6 Å². The smallest absolute Gasteiger partial charge is 0.234 e. The Morgan fingerprint density at radius 2 is 1.94 bits per heavy atom. The van der Waals surface area contributed by atoms with Crippen LogP contribution in [0.3, 0.4) is 0 Å². The molecule has 0 aromatic carbocycles. The summed E-state index contributed by atoms with van der Waals surface area (Å²) in [6, 6.07) is 1.77. The molecule has 0 aromatic rings. The predicted octanol–water partition coefficient (Wildman–Crippen LogP) is 1.12. The summed E-state index contributed by atoms with van der Waals surface area (Å²) < 4.78 is 0. The van der Waals surface area contributed by atoms with Gasteiger partial charge < -0.3 is 10.6 Å². The molecular formula is C14H27N3O. The lowest BCUT2D eigenvalue weighted by Crippen LogP contribution is -2.44. The van der Waals surface area contributed by atoms with E-state index in [1.54, 1.807) is 0 Å². The van der Waals surface area contributed by atoms with Crippen molar-refractivity contribution in [1.82, 2.24) is 15.5 Å². The molecule has 4 nitrogen and oxygen atoms in total. The molecule has 2 N–H and O–H groups in total. The fraction of sp³-hybridized carbons (Fsp3) is 0.929. The third-order valence-electron chi connectivity index (χ3n) is 4.32. The molecule has 0 bridgehead atoms. The Labute approximate surface area is 110 Å². The first-order valence-electron chi connectivity index (χ1n) is 7.39. The second-order valence-corrected chi connectivity index (χ2v) is 5.91. The molecule has 104 valence electrons. The van der Waals surface area contributed by atoms with Crippen LogP contribution >= 0.6 is 0 Å². The van der Waals surface area contributed by atoms with Crippen molar-refractivity contribution in [3.8, 4) is 0 Å². The third-order valence-corrected chi connectivity index (χ3v) is 4.32. The van der Waals surface area contributed by atoms with Crippen LogP contribution in [0.1, 0.15) is 45.4 Å². The Kier molecular flexibility index (Phi) is 5.01. The maximum Gasteiger partial charge on any atom is 0.234 e. The number of rotatable bonds is 7. The lowest BCUT2D eigenvalue weighted by molar-refractivity contribution is -0.120. The Bertz CT molecular complexity index is 272. The molecule has 0 radical (unpaired) electrons. The highest BCUT2D eigenvalue weighted by atomic mass is 16.1. The summed E-state index contributed by atoms with van der Waals surface area (Å²) in [6.07, 6.45) is 7.71. The second-order valence-electron chi connectivity index (χ2n) is 5.91. The van der Waals surface area contributed by atoms with E-state index in [9.17, 15) is 4.79 Å². The number of nitrogens with zero attached hydrogens (tertiary/aromatic N) is 1. The molecule has 2 fully saturated rings. The summed E-state index contributed by atoms with van der Waals surface area (Å²) in [7, 11) is 2.16. The quantitative estimate of drug-likeness (QED) is 0.714. The first-order chi connectivity index (χ1) is 8.66. The van der Waals surface area contributed by atoms with Gasteiger partial charge in [-0.05, 0) is 39.7 Å². The molecule has 2 rings (SSSR count). The van der Waals surface area contributed by atoms with E-state index in [-0.39, 0.29) is 5.91 Å². The number of likely N-dealkylation sites (N-methyl/N-ethyl adjacent to an activating group) is 1. The lowest BCUT2D eigenvalue weighted by Gasteiger charge is -2.24.